The maximum absolute atomic E-state index is 12.2. The van der Waals surface area contributed by atoms with Crippen molar-refractivity contribution in [3.63, 3.8) is 0 Å². The summed E-state index contributed by atoms with van der Waals surface area (Å²) < 4.78 is 34.4. The van der Waals surface area contributed by atoms with Gasteiger partial charge in [0.2, 0.25) is 5.91 Å². The highest BCUT2D eigenvalue weighted by atomic mass is 32.2. The molecule has 0 aliphatic carbocycles. The molecule has 0 spiro atoms. The molecule has 0 aliphatic heterocycles. The monoisotopic (exact) mass is 439 g/mol. The van der Waals surface area contributed by atoms with Crippen LogP contribution in [0.25, 0.3) is 0 Å². The van der Waals surface area contributed by atoms with Gasteiger partial charge in [0.05, 0.1) is 11.5 Å². The van der Waals surface area contributed by atoms with Gasteiger partial charge in [-0.15, -0.1) is 0 Å². The van der Waals surface area contributed by atoms with E-state index in [1.165, 1.54) is 12.1 Å². The minimum Gasteiger partial charge on any atom is -0.494 e. The van der Waals surface area contributed by atoms with E-state index < -0.39 is 9.84 Å². The van der Waals surface area contributed by atoms with E-state index >= 15 is 0 Å². The first-order valence-electron chi connectivity index (χ1n) is 9.92. The maximum atomic E-state index is 12.2. The number of rotatable bonds is 10. The molecule has 3 aromatic carbocycles. The molecule has 0 fully saturated rings. The molecule has 0 atom stereocenters. The van der Waals surface area contributed by atoms with E-state index in [0.29, 0.717) is 37.5 Å². The summed E-state index contributed by atoms with van der Waals surface area (Å²) in [6.45, 7) is 0.731. The van der Waals surface area contributed by atoms with Crippen LogP contribution in [0, 0.1) is 0 Å². The summed E-state index contributed by atoms with van der Waals surface area (Å²) >= 11 is 0. The maximum Gasteiger partial charge on any atom is 0.220 e. The molecule has 162 valence electrons. The van der Waals surface area contributed by atoms with E-state index in [1.807, 2.05) is 54.6 Å². The number of hydrogen-bond acceptors (Lipinski definition) is 5. The zero-order valence-electron chi connectivity index (χ0n) is 17.3. The predicted octanol–water partition coefficient (Wildman–Crippen LogP) is 4.36. The Hall–Kier alpha value is -3.32. The Kier molecular flexibility index (Phi) is 7.67. The molecular weight excluding hydrogens is 414 g/mol. The highest BCUT2D eigenvalue weighted by Gasteiger charge is 2.08. The number of para-hydroxylation sites is 2. The summed E-state index contributed by atoms with van der Waals surface area (Å²) in [5.74, 6) is 1.93. The SMILES string of the molecule is CS(=O)(=O)c1ccc(OCCCC(=O)NCc2ccccc2Oc2ccccc2)cc1. The highest BCUT2D eigenvalue weighted by Crippen LogP contribution is 2.25. The molecule has 1 amide bonds. The molecule has 0 saturated carbocycles. The van der Waals surface area contributed by atoms with Crippen molar-refractivity contribution in [3.05, 3.63) is 84.4 Å². The smallest absolute Gasteiger partial charge is 0.220 e. The van der Waals surface area contributed by atoms with Gasteiger partial charge in [-0.05, 0) is 48.9 Å². The van der Waals surface area contributed by atoms with Crippen LogP contribution in [0.1, 0.15) is 18.4 Å². The van der Waals surface area contributed by atoms with Crippen LogP contribution in [0.4, 0.5) is 0 Å². The first-order chi connectivity index (χ1) is 14.9. The molecule has 0 aliphatic rings. The number of carbonyl (C=O) groups excluding carboxylic acids is 1. The lowest BCUT2D eigenvalue weighted by atomic mass is 10.2. The van der Waals surface area contributed by atoms with Crippen molar-refractivity contribution in [2.45, 2.75) is 24.3 Å². The number of ether oxygens (including phenoxy) is 2. The van der Waals surface area contributed by atoms with Crippen molar-refractivity contribution >= 4 is 15.7 Å². The largest absolute Gasteiger partial charge is 0.494 e. The lowest BCUT2D eigenvalue weighted by Gasteiger charge is -2.12. The lowest BCUT2D eigenvalue weighted by Crippen LogP contribution is -2.23. The van der Waals surface area contributed by atoms with Crippen molar-refractivity contribution < 1.29 is 22.7 Å². The number of hydrogen-bond donors (Lipinski definition) is 1. The van der Waals surface area contributed by atoms with E-state index in [9.17, 15) is 13.2 Å². The minimum absolute atomic E-state index is 0.0782. The molecule has 6 nitrogen and oxygen atoms in total. The van der Waals surface area contributed by atoms with Crippen molar-refractivity contribution in [1.29, 1.82) is 0 Å². The van der Waals surface area contributed by atoms with E-state index in [0.717, 1.165) is 17.6 Å². The lowest BCUT2D eigenvalue weighted by molar-refractivity contribution is -0.121. The quantitative estimate of drug-likeness (QED) is 0.475. The van der Waals surface area contributed by atoms with Gasteiger partial charge in [0.25, 0.3) is 0 Å². The van der Waals surface area contributed by atoms with Gasteiger partial charge in [0, 0.05) is 24.8 Å². The van der Waals surface area contributed by atoms with Crippen LogP contribution in [0.15, 0.2) is 83.8 Å². The Morgan fingerprint density at radius 1 is 0.871 bits per heavy atom. The molecule has 0 radical (unpaired) electrons. The van der Waals surface area contributed by atoms with Gasteiger partial charge in [0.15, 0.2) is 9.84 Å². The van der Waals surface area contributed by atoms with E-state index in [2.05, 4.69) is 5.32 Å². The van der Waals surface area contributed by atoms with Gasteiger partial charge in [-0.3, -0.25) is 4.79 Å². The minimum atomic E-state index is -3.22. The van der Waals surface area contributed by atoms with E-state index in [1.54, 1.807) is 12.1 Å². The van der Waals surface area contributed by atoms with Crippen molar-refractivity contribution in [2.75, 3.05) is 12.9 Å². The summed E-state index contributed by atoms with van der Waals surface area (Å²) in [7, 11) is -3.22. The third-order valence-corrected chi connectivity index (χ3v) is 5.62. The molecule has 3 aromatic rings. The summed E-state index contributed by atoms with van der Waals surface area (Å²) in [5.41, 5.74) is 0.891. The van der Waals surface area contributed by atoms with Gasteiger partial charge in [-0.1, -0.05) is 36.4 Å². The molecular formula is C24H25NO5S. The average molecular weight is 440 g/mol. The molecule has 7 heteroatoms. The van der Waals surface area contributed by atoms with Gasteiger partial charge in [0.1, 0.15) is 17.2 Å². The second-order valence-corrected chi connectivity index (χ2v) is 9.01. The zero-order chi connectivity index (χ0) is 22.1. The normalized spacial score (nSPS) is 11.0. The topological polar surface area (TPSA) is 81.7 Å². The third-order valence-electron chi connectivity index (χ3n) is 4.49. The van der Waals surface area contributed by atoms with Crippen LogP contribution in [0.3, 0.4) is 0 Å². The van der Waals surface area contributed by atoms with Crippen molar-refractivity contribution in [2.24, 2.45) is 0 Å². The molecule has 31 heavy (non-hydrogen) atoms. The van der Waals surface area contributed by atoms with Gasteiger partial charge >= 0.3 is 0 Å². The van der Waals surface area contributed by atoms with Crippen molar-refractivity contribution in [1.82, 2.24) is 5.32 Å². The summed E-state index contributed by atoms with van der Waals surface area (Å²) in [4.78, 5) is 12.4. The fraction of sp³-hybridized carbons (Fsp3) is 0.208. The van der Waals surface area contributed by atoms with Crippen LogP contribution in [-0.4, -0.2) is 27.2 Å². The van der Waals surface area contributed by atoms with Crippen molar-refractivity contribution in [3.8, 4) is 17.2 Å². The van der Waals surface area contributed by atoms with Crippen LogP contribution in [0.2, 0.25) is 0 Å². The Morgan fingerprint density at radius 2 is 1.55 bits per heavy atom. The number of carbonyl (C=O) groups is 1. The molecule has 3 rings (SSSR count). The van der Waals surface area contributed by atoms with Gasteiger partial charge < -0.3 is 14.8 Å². The Bertz CT molecular complexity index is 1100. The Balaban J connectivity index is 1.42. The average Bonchev–Trinajstić information content (AvgIpc) is 2.76. The van der Waals surface area contributed by atoms with Crippen LogP contribution in [-0.2, 0) is 21.2 Å². The predicted molar refractivity (Wildman–Crippen MR) is 119 cm³/mol. The Labute approximate surface area is 182 Å². The second-order valence-electron chi connectivity index (χ2n) is 7.00. The first kappa shape index (κ1) is 22.4. The fourth-order valence-electron chi connectivity index (χ4n) is 2.85. The summed E-state index contributed by atoms with van der Waals surface area (Å²) in [6, 6.07) is 23.3. The molecule has 0 unspecified atom stereocenters. The number of amides is 1. The van der Waals surface area contributed by atoms with Gasteiger partial charge in [-0.25, -0.2) is 8.42 Å². The molecule has 1 N–H and O–H groups in total. The molecule has 0 aromatic heterocycles. The van der Waals surface area contributed by atoms with Crippen LogP contribution >= 0.6 is 0 Å². The molecule has 0 bridgehead atoms. The fourth-order valence-corrected chi connectivity index (χ4v) is 3.48. The molecule has 0 saturated heterocycles. The first-order valence-corrected chi connectivity index (χ1v) is 11.8. The second kappa shape index (κ2) is 10.6. The number of benzene rings is 3. The number of sulfone groups is 1. The molecule has 0 heterocycles. The summed E-state index contributed by atoms with van der Waals surface area (Å²) in [5, 5.41) is 2.91. The van der Waals surface area contributed by atoms with E-state index in [-0.39, 0.29) is 10.8 Å². The number of nitrogens with one attached hydrogen (secondary N) is 1. The zero-order valence-corrected chi connectivity index (χ0v) is 18.1. The third kappa shape index (κ3) is 7.15. The van der Waals surface area contributed by atoms with Crippen LogP contribution < -0.4 is 14.8 Å². The van der Waals surface area contributed by atoms with Gasteiger partial charge in [-0.2, -0.15) is 0 Å². The highest BCUT2D eigenvalue weighted by molar-refractivity contribution is 7.90. The summed E-state index contributed by atoms with van der Waals surface area (Å²) in [6.07, 6.45) is 2.03. The van der Waals surface area contributed by atoms with E-state index in [4.69, 9.17) is 9.47 Å². The Morgan fingerprint density at radius 3 is 2.26 bits per heavy atom. The standard InChI is InChI=1S/C24H25NO5S/c1-31(27,28)22-15-13-20(14-16-22)29-17-7-12-24(26)25-18-19-8-5-6-11-23(19)30-21-9-3-2-4-10-21/h2-6,8-11,13-16H,7,12,17-18H2,1H3,(H,25,26). The van der Waals surface area contributed by atoms with Crippen LogP contribution in [0.5, 0.6) is 17.2 Å².